The molecular weight excluding hydrogens is 248 g/mol. The second-order valence-corrected chi connectivity index (χ2v) is 5.38. The fraction of sp³-hybridized carbons (Fsp3) is 0.615. The average Bonchev–Trinajstić information content (AvgIpc) is 2.93. The first-order valence-electron chi connectivity index (χ1n) is 6.33. The highest BCUT2D eigenvalue weighted by Gasteiger charge is 2.37. The van der Waals surface area contributed by atoms with E-state index in [-0.39, 0.29) is 24.2 Å². The zero-order valence-corrected chi connectivity index (χ0v) is 11.9. The van der Waals surface area contributed by atoms with Crippen LogP contribution in [0.15, 0.2) is 16.8 Å². The molecule has 0 aliphatic carbocycles. The molecule has 100 valence electrons. The molecule has 0 bridgehead atoms. The van der Waals surface area contributed by atoms with Crippen LogP contribution >= 0.6 is 11.3 Å². The van der Waals surface area contributed by atoms with Gasteiger partial charge in [0.15, 0.2) is 0 Å². The van der Waals surface area contributed by atoms with E-state index in [2.05, 4.69) is 16.8 Å². The van der Waals surface area contributed by atoms with Crippen molar-refractivity contribution in [3.8, 4) is 0 Å². The Hall–Kier alpha value is -0.910. The third-order valence-electron chi connectivity index (χ3n) is 3.14. The molecule has 4 nitrogen and oxygen atoms in total. The molecule has 0 radical (unpaired) electrons. The first-order valence-corrected chi connectivity index (χ1v) is 7.28. The summed E-state index contributed by atoms with van der Waals surface area (Å²) in [4.78, 5) is 14.0. The van der Waals surface area contributed by atoms with Crippen LogP contribution in [-0.2, 0) is 9.53 Å². The number of thiophene rings is 1. The summed E-state index contributed by atoms with van der Waals surface area (Å²) >= 11 is 1.65. The number of amides is 1. The Morgan fingerprint density at radius 3 is 3.00 bits per heavy atom. The fourth-order valence-corrected chi connectivity index (χ4v) is 2.97. The van der Waals surface area contributed by atoms with Crippen LogP contribution in [0.5, 0.6) is 0 Å². The summed E-state index contributed by atoms with van der Waals surface area (Å²) in [6, 6.07) is 1.94. The quantitative estimate of drug-likeness (QED) is 0.888. The maximum absolute atomic E-state index is 12.2. The lowest BCUT2D eigenvalue weighted by Gasteiger charge is -2.26. The van der Waals surface area contributed by atoms with Crippen molar-refractivity contribution in [2.45, 2.75) is 39.1 Å². The Kier molecular flexibility index (Phi) is 4.37. The van der Waals surface area contributed by atoms with Crippen molar-refractivity contribution in [1.82, 2.24) is 10.2 Å². The minimum absolute atomic E-state index is 0.0124. The molecule has 2 heterocycles. The van der Waals surface area contributed by atoms with Crippen LogP contribution in [0.2, 0.25) is 0 Å². The Morgan fingerprint density at radius 2 is 2.39 bits per heavy atom. The van der Waals surface area contributed by atoms with E-state index in [0.717, 1.165) is 5.56 Å². The van der Waals surface area contributed by atoms with Crippen molar-refractivity contribution < 1.29 is 9.53 Å². The minimum Gasteiger partial charge on any atom is -0.377 e. The predicted octanol–water partition coefficient (Wildman–Crippen LogP) is 1.99. The van der Waals surface area contributed by atoms with Crippen molar-refractivity contribution >= 4 is 17.2 Å². The lowest BCUT2D eigenvalue weighted by atomic mass is 10.2. The number of carbonyl (C=O) groups is 1. The highest BCUT2D eigenvalue weighted by atomic mass is 32.1. The largest absolute Gasteiger partial charge is 0.377 e. The summed E-state index contributed by atoms with van der Waals surface area (Å²) < 4.78 is 5.53. The first-order chi connectivity index (χ1) is 8.63. The molecule has 1 fully saturated rings. The van der Waals surface area contributed by atoms with Gasteiger partial charge in [-0.05, 0) is 43.2 Å². The molecular formula is C13H20N2O2S. The molecule has 3 unspecified atom stereocenters. The second-order valence-electron chi connectivity index (χ2n) is 4.60. The fourth-order valence-electron chi connectivity index (χ4n) is 2.29. The molecule has 0 spiro atoms. The van der Waals surface area contributed by atoms with E-state index < -0.39 is 0 Å². The Balaban J connectivity index is 2.11. The van der Waals surface area contributed by atoms with Crippen LogP contribution < -0.4 is 5.32 Å². The van der Waals surface area contributed by atoms with Crippen LogP contribution in [0, 0.1) is 0 Å². The van der Waals surface area contributed by atoms with Crippen LogP contribution in [-0.4, -0.2) is 36.1 Å². The number of hydrogen-bond donors (Lipinski definition) is 1. The van der Waals surface area contributed by atoms with Gasteiger partial charge in [-0.2, -0.15) is 11.3 Å². The van der Waals surface area contributed by atoms with E-state index in [4.69, 9.17) is 4.74 Å². The van der Waals surface area contributed by atoms with Crippen LogP contribution in [0.1, 0.15) is 32.5 Å². The maximum Gasteiger partial charge on any atom is 0.241 e. The summed E-state index contributed by atoms with van der Waals surface area (Å²) in [5.74, 6) is 0.151. The van der Waals surface area contributed by atoms with Crippen LogP contribution in [0.4, 0.5) is 0 Å². The van der Waals surface area contributed by atoms with E-state index in [1.54, 1.807) is 11.3 Å². The standard InChI is InChI=1S/C13H20N2O2S/c1-4-17-9(2)7-15-12(11-5-6-18-8-11)14-10(3)13(15)16/h5-6,8-10,12,14H,4,7H2,1-3H3. The normalized spacial score (nSPS) is 25.7. The monoisotopic (exact) mass is 268 g/mol. The second kappa shape index (κ2) is 5.82. The van der Waals surface area contributed by atoms with E-state index in [0.29, 0.717) is 13.2 Å². The van der Waals surface area contributed by atoms with E-state index in [9.17, 15) is 4.79 Å². The number of rotatable bonds is 5. The molecule has 1 aliphatic rings. The van der Waals surface area contributed by atoms with E-state index >= 15 is 0 Å². The SMILES string of the molecule is CCOC(C)CN1C(=O)C(C)NC1c1ccsc1. The van der Waals surface area contributed by atoms with Crippen LogP contribution in [0.3, 0.4) is 0 Å². The van der Waals surface area contributed by atoms with Crippen molar-refractivity contribution in [3.05, 3.63) is 22.4 Å². The molecule has 1 saturated heterocycles. The number of ether oxygens (including phenoxy) is 1. The zero-order chi connectivity index (χ0) is 13.1. The smallest absolute Gasteiger partial charge is 0.241 e. The van der Waals surface area contributed by atoms with E-state index in [1.807, 2.05) is 31.1 Å². The highest BCUT2D eigenvalue weighted by Crippen LogP contribution is 2.27. The summed E-state index contributed by atoms with van der Waals surface area (Å²) in [7, 11) is 0. The number of carbonyl (C=O) groups excluding carboxylic acids is 1. The minimum atomic E-state index is -0.122. The van der Waals surface area contributed by atoms with Crippen molar-refractivity contribution in [3.63, 3.8) is 0 Å². The summed E-state index contributed by atoms with van der Waals surface area (Å²) in [5.41, 5.74) is 1.15. The zero-order valence-electron chi connectivity index (χ0n) is 11.1. The molecule has 2 rings (SSSR count). The lowest BCUT2D eigenvalue weighted by Crippen LogP contribution is -2.37. The summed E-state index contributed by atoms with van der Waals surface area (Å²) in [6.45, 7) is 7.19. The lowest BCUT2D eigenvalue weighted by molar-refractivity contribution is -0.131. The molecule has 1 N–H and O–H groups in total. The Morgan fingerprint density at radius 1 is 1.61 bits per heavy atom. The molecule has 0 saturated carbocycles. The Labute approximate surface area is 112 Å². The van der Waals surface area contributed by atoms with Gasteiger partial charge >= 0.3 is 0 Å². The molecule has 3 atom stereocenters. The van der Waals surface area contributed by atoms with Crippen molar-refractivity contribution in [2.24, 2.45) is 0 Å². The van der Waals surface area contributed by atoms with E-state index in [1.165, 1.54) is 0 Å². The molecule has 5 heteroatoms. The van der Waals surface area contributed by atoms with Crippen molar-refractivity contribution in [2.75, 3.05) is 13.2 Å². The average molecular weight is 268 g/mol. The first kappa shape index (κ1) is 13.5. The number of nitrogens with zero attached hydrogens (tertiary/aromatic N) is 1. The molecule has 0 aromatic carbocycles. The van der Waals surface area contributed by atoms with Crippen molar-refractivity contribution in [1.29, 1.82) is 0 Å². The number of hydrogen-bond acceptors (Lipinski definition) is 4. The van der Waals surface area contributed by atoms with Gasteiger partial charge in [-0.25, -0.2) is 0 Å². The molecule has 1 aliphatic heterocycles. The molecule has 1 aromatic heterocycles. The van der Waals surface area contributed by atoms with Crippen LogP contribution in [0.25, 0.3) is 0 Å². The van der Waals surface area contributed by atoms with Gasteiger partial charge in [-0.15, -0.1) is 0 Å². The maximum atomic E-state index is 12.2. The topological polar surface area (TPSA) is 41.6 Å². The molecule has 1 amide bonds. The van der Waals surface area contributed by atoms with Gasteiger partial charge in [0, 0.05) is 13.2 Å². The van der Waals surface area contributed by atoms with Gasteiger partial charge in [0.2, 0.25) is 5.91 Å². The van der Waals surface area contributed by atoms with Gasteiger partial charge in [0.05, 0.1) is 12.1 Å². The highest BCUT2D eigenvalue weighted by molar-refractivity contribution is 7.07. The Bertz CT molecular complexity index is 394. The summed E-state index contributed by atoms with van der Waals surface area (Å²) in [6.07, 6.45) is 0.0499. The van der Waals surface area contributed by atoms with Gasteiger partial charge in [-0.3, -0.25) is 10.1 Å². The van der Waals surface area contributed by atoms with Gasteiger partial charge in [0.1, 0.15) is 6.17 Å². The molecule has 1 aromatic rings. The predicted molar refractivity (Wildman–Crippen MR) is 72.5 cm³/mol. The third kappa shape index (κ3) is 2.74. The van der Waals surface area contributed by atoms with Gasteiger partial charge in [0.25, 0.3) is 0 Å². The van der Waals surface area contributed by atoms with Gasteiger partial charge in [-0.1, -0.05) is 0 Å². The molecule has 18 heavy (non-hydrogen) atoms. The number of nitrogens with one attached hydrogen (secondary N) is 1. The summed E-state index contributed by atoms with van der Waals surface area (Å²) in [5, 5.41) is 7.45. The van der Waals surface area contributed by atoms with Gasteiger partial charge < -0.3 is 9.64 Å². The third-order valence-corrected chi connectivity index (χ3v) is 3.84.